The molecule has 7 heteroatoms. The zero-order valence-electron chi connectivity index (χ0n) is 12.7. The second kappa shape index (κ2) is 7.56. The van der Waals surface area contributed by atoms with E-state index in [1.165, 1.54) is 0 Å². The minimum atomic E-state index is -0.462. The van der Waals surface area contributed by atoms with Crippen molar-refractivity contribution in [3.8, 4) is 0 Å². The summed E-state index contributed by atoms with van der Waals surface area (Å²) in [6.45, 7) is 9.01. The summed E-state index contributed by atoms with van der Waals surface area (Å²) in [5.74, 6) is 4.92. The molecule has 0 bridgehead atoms. The molecule has 2 atom stereocenters. The van der Waals surface area contributed by atoms with Gasteiger partial charge in [0.2, 0.25) is 5.91 Å². The van der Waals surface area contributed by atoms with E-state index in [1.54, 1.807) is 0 Å². The van der Waals surface area contributed by atoms with E-state index in [0.29, 0.717) is 19.8 Å². The Kier molecular flexibility index (Phi) is 6.38. The largest absolute Gasteiger partial charge is 0.378 e. The van der Waals surface area contributed by atoms with Gasteiger partial charge in [0.1, 0.15) is 6.04 Å². The SMILES string of the molecule is CC(C)NC(=O)C1COCCN1C(C(=O)NN)C(C)C. The first-order valence-corrected chi connectivity index (χ1v) is 7.02. The van der Waals surface area contributed by atoms with Crippen LogP contribution in [0.3, 0.4) is 0 Å². The van der Waals surface area contributed by atoms with Gasteiger partial charge in [0, 0.05) is 12.6 Å². The first kappa shape index (κ1) is 16.9. The van der Waals surface area contributed by atoms with Gasteiger partial charge in [-0.25, -0.2) is 5.84 Å². The number of amides is 2. The van der Waals surface area contributed by atoms with Crippen LogP contribution in [0.5, 0.6) is 0 Å². The van der Waals surface area contributed by atoms with Crippen molar-refractivity contribution >= 4 is 11.8 Å². The predicted molar refractivity (Wildman–Crippen MR) is 75.5 cm³/mol. The third-order valence-electron chi connectivity index (χ3n) is 3.30. The maximum Gasteiger partial charge on any atom is 0.251 e. The van der Waals surface area contributed by atoms with Crippen LogP contribution in [0.15, 0.2) is 0 Å². The number of hydrogen-bond acceptors (Lipinski definition) is 5. The highest BCUT2D eigenvalue weighted by Crippen LogP contribution is 2.18. The van der Waals surface area contributed by atoms with Gasteiger partial charge < -0.3 is 10.1 Å². The van der Waals surface area contributed by atoms with Crippen LogP contribution in [0.25, 0.3) is 0 Å². The highest BCUT2D eigenvalue weighted by atomic mass is 16.5. The van der Waals surface area contributed by atoms with Crippen molar-refractivity contribution in [1.29, 1.82) is 0 Å². The van der Waals surface area contributed by atoms with Crippen molar-refractivity contribution in [3.63, 3.8) is 0 Å². The van der Waals surface area contributed by atoms with Gasteiger partial charge in [0.05, 0.1) is 19.3 Å². The lowest BCUT2D eigenvalue weighted by Crippen LogP contribution is -2.63. The fourth-order valence-corrected chi connectivity index (χ4v) is 2.48. The molecule has 116 valence electrons. The lowest BCUT2D eigenvalue weighted by atomic mass is 9.98. The molecule has 0 saturated carbocycles. The number of nitrogens with zero attached hydrogens (tertiary/aromatic N) is 1. The summed E-state index contributed by atoms with van der Waals surface area (Å²) in [5, 5.41) is 2.87. The molecule has 1 heterocycles. The normalized spacial score (nSPS) is 21.9. The second-order valence-electron chi connectivity index (χ2n) is 5.69. The van der Waals surface area contributed by atoms with Gasteiger partial charge in [-0.3, -0.25) is 19.9 Å². The second-order valence-corrected chi connectivity index (χ2v) is 5.69. The van der Waals surface area contributed by atoms with Crippen molar-refractivity contribution in [1.82, 2.24) is 15.6 Å². The van der Waals surface area contributed by atoms with Crippen LogP contribution in [-0.2, 0) is 14.3 Å². The zero-order valence-corrected chi connectivity index (χ0v) is 12.7. The van der Waals surface area contributed by atoms with E-state index in [4.69, 9.17) is 10.6 Å². The molecular formula is C13H26N4O3. The molecule has 0 aromatic carbocycles. The molecule has 1 aliphatic rings. The van der Waals surface area contributed by atoms with Crippen LogP contribution in [0, 0.1) is 5.92 Å². The quantitative estimate of drug-likeness (QED) is 0.350. The molecule has 20 heavy (non-hydrogen) atoms. The summed E-state index contributed by atoms with van der Waals surface area (Å²) in [4.78, 5) is 26.1. The number of rotatable bonds is 5. The molecular weight excluding hydrogens is 260 g/mol. The standard InChI is InChI=1S/C13H26N4O3/c1-8(2)11(13(19)16-14)17-5-6-20-7-10(17)12(18)15-9(3)4/h8-11H,5-7,14H2,1-4H3,(H,15,18)(H,16,19). The predicted octanol–water partition coefficient (Wildman–Crippen LogP) is -0.774. The minimum Gasteiger partial charge on any atom is -0.378 e. The molecule has 1 rings (SSSR count). The van der Waals surface area contributed by atoms with Crippen molar-refractivity contribution < 1.29 is 14.3 Å². The number of ether oxygens (including phenoxy) is 1. The molecule has 7 nitrogen and oxygen atoms in total. The van der Waals surface area contributed by atoms with Gasteiger partial charge in [-0.1, -0.05) is 13.8 Å². The first-order valence-electron chi connectivity index (χ1n) is 7.02. The third-order valence-corrected chi connectivity index (χ3v) is 3.30. The van der Waals surface area contributed by atoms with Crippen molar-refractivity contribution in [2.45, 2.75) is 45.8 Å². The molecule has 4 N–H and O–H groups in total. The fourth-order valence-electron chi connectivity index (χ4n) is 2.48. The number of hydrazine groups is 1. The maximum absolute atomic E-state index is 12.3. The Morgan fingerprint density at radius 1 is 1.30 bits per heavy atom. The molecule has 2 amide bonds. The number of nitrogens with one attached hydrogen (secondary N) is 2. The Balaban J connectivity index is 2.91. The molecule has 0 radical (unpaired) electrons. The van der Waals surface area contributed by atoms with E-state index in [1.807, 2.05) is 32.6 Å². The number of nitrogens with two attached hydrogens (primary N) is 1. The lowest BCUT2D eigenvalue weighted by molar-refractivity contribution is -0.142. The van der Waals surface area contributed by atoms with Crippen LogP contribution in [0.4, 0.5) is 0 Å². The average molecular weight is 286 g/mol. The van der Waals surface area contributed by atoms with E-state index < -0.39 is 12.1 Å². The van der Waals surface area contributed by atoms with Crippen LogP contribution in [0.2, 0.25) is 0 Å². The van der Waals surface area contributed by atoms with Crippen molar-refractivity contribution in [2.24, 2.45) is 11.8 Å². The summed E-state index contributed by atoms with van der Waals surface area (Å²) in [5.41, 5.74) is 2.19. The van der Waals surface area contributed by atoms with Gasteiger partial charge >= 0.3 is 0 Å². The van der Waals surface area contributed by atoms with E-state index >= 15 is 0 Å². The highest BCUT2D eigenvalue weighted by Gasteiger charge is 2.38. The Morgan fingerprint density at radius 2 is 1.95 bits per heavy atom. The van der Waals surface area contributed by atoms with Crippen LogP contribution >= 0.6 is 0 Å². The number of hydrogen-bond donors (Lipinski definition) is 3. The number of carbonyl (C=O) groups excluding carboxylic acids is 2. The summed E-state index contributed by atoms with van der Waals surface area (Å²) >= 11 is 0. The summed E-state index contributed by atoms with van der Waals surface area (Å²) in [6, 6.07) is -0.852. The van der Waals surface area contributed by atoms with Gasteiger partial charge in [0.25, 0.3) is 5.91 Å². The number of carbonyl (C=O) groups is 2. The minimum absolute atomic E-state index is 0.0472. The summed E-state index contributed by atoms with van der Waals surface area (Å²) in [7, 11) is 0. The van der Waals surface area contributed by atoms with Gasteiger partial charge in [0.15, 0.2) is 0 Å². The monoisotopic (exact) mass is 286 g/mol. The average Bonchev–Trinajstić information content (AvgIpc) is 2.38. The summed E-state index contributed by atoms with van der Waals surface area (Å²) in [6.07, 6.45) is 0. The van der Waals surface area contributed by atoms with Gasteiger partial charge in [-0.15, -0.1) is 0 Å². The van der Waals surface area contributed by atoms with Crippen molar-refractivity contribution in [2.75, 3.05) is 19.8 Å². The van der Waals surface area contributed by atoms with Crippen LogP contribution in [0.1, 0.15) is 27.7 Å². The van der Waals surface area contributed by atoms with E-state index in [0.717, 1.165) is 0 Å². The topological polar surface area (TPSA) is 96.7 Å². The zero-order chi connectivity index (χ0) is 15.3. The lowest BCUT2D eigenvalue weighted by Gasteiger charge is -2.40. The third kappa shape index (κ3) is 4.16. The highest BCUT2D eigenvalue weighted by molar-refractivity contribution is 5.85. The van der Waals surface area contributed by atoms with E-state index in [-0.39, 0.29) is 23.8 Å². The molecule has 2 unspecified atom stereocenters. The first-order chi connectivity index (χ1) is 9.38. The Labute approximate surface area is 120 Å². The van der Waals surface area contributed by atoms with Gasteiger partial charge in [-0.05, 0) is 19.8 Å². The Bertz CT molecular complexity index is 347. The molecule has 0 aliphatic carbocycles. The van der Waals surface area contributed by atoms with E-state index in [2.05, 4.69) is 10.7 Å². The van der Waals surface area contributed by atoms with Crippen molar-refractivity contribution in [3.05, 3.63) is 0 Å². The molecule has 0 aromatic heterocycles. The van der Waals surface area contributed by atoms with Crippen LogP contribution in [-0.4, -0.2) is 54.6 Å². The molecule has 1 fully saturated rings. The van der Waals surface area contributed by atoms with Crippen LogP contribution < -0.4 is 16.6 Å². The number of morpholine rings is 1. The molecule has 0 aromatic rings. The molecule has 1 saturated heterocycles. The van der Waals surface area contributed by atoms with Gasteiger partial charge in [-0.2, -0.15) is 0 Å². The Hall–Kier alpha value is -1.18. The summed E-state index contributed by atoms with van der Waals surface area (Å²) < 4.78 is 5.39. The molecule has 1 aliphatic heterocycles. The Morgan fingerprint density at radius 3 is 2.45 bits per heavy atom. The molecule has 0 spiro atoms. The fraction of sp³-hybridized carbons (Fsp3) is 0.846. The maximum atomic E-state index is 12.3. The smallest absolute Gasteiger partial charge is 0.251 e. The van der Waals surface area contributed by atoms with E-state index in [9.17, 15) is 9.59 Å².